The fourth-order valence-electron chi connectivity index (χ4n) is 3.10. The number of halogens is 1. The molecule has 0 spiro atoms. The van der Waals surface area contributed by atoms with E-state index in [9.17, 15) is 18.8 Å². The van der Waals surface area contributed by atoms with Crippen molar-refractivity contribution in [2.45, 2.75) is 0 Å². The first-order chi connectivity index (χ1) is 13.5. The fraction of sp³-hybridized carbons (Fsp3) is 0.150. The van der Waals surface area contributed by atoms with E-state index in [0.29, 0.717) is 29.7 Å². The second-order valence-corrected chi connectivity index (χ2v) is 6.37. The number of amides is 3. The molecule has 2 aromatic carbocycles. The molecule has 0 radical (unpaired) electrons. The van der Waals surface area contributed by atoms with E-state index in [1.165, 1.54) is 40.1 Å². The van der Waals surface area contributed by atoms with Gasteiger partial charge < -0.3 is 14.6 Å². The zero-order valence-electron chi connectivity index (χ0n) is 14.7. The summed E-state index contributed by atoms with van der Waals surface area (Å²) >= 11 is 0. The molecule has 0 saturated carbocycles. The molecule has 3 amide bonds. The van der Waals surface area contributed by atoms with Crippen LogP contribution in [0.25, 0.3) is 11.0 Å². The summed E-state index contributed by atoms with van der Waals surface area (Å²) in [6, 6.07) is 13.7. The smallest absolute Gasteiger partial charge is 0.360 e. The number of hydrogen-bond acceptors (Lipinski definition) is 4. The molecule has 1 fully saturated rings. The average molecular weight is 381 g/mol. The number of urea groups is 1. The number of carbonyl (C=O) groups excluding carboxylic acids is 2. The van der Waals surface area contributed by atoms with Gasteiger partial charge >= 0.3 is 11.7 Å². The lowest BCUT2D eigenvalue weighted by Crippen LogP contribution is -2.37. The van der Waals surface area contributed by atoms with Crippen molar-refractivity contribution in [1.82, 2.24) is 4.90 Å². The quantitative estimate of drug-likeness (QED) is 0.705. The number of nitrogens with one attached hydrogen (secondary N) is 1. The van der Waals surface area contributed by atoms with Crippen molar-refractivity contribution in [3.63, 3.8) is 0 Å². The molecule has 3 aromatic rings. The van der Waals surface area contributed by atoms with Crippen molar-refractivity contribution in [2.75, 3.05) is 29.9 Å². The van der Waals surface area contributed by atoms with Gasteiger partial charge in [0.05, 0.1) is 0 Å². The van der Waals surface area contributed by atoms with Crippen LogP contribution in [-0.4, -0.2) is 36.5 Å². The van der Waals surface area contributed by atoms with E-state index < -0.39 is 11.5 Å². The van der Waals surface area contributed by atoms with Gasteiger partial charge in [0.25, 0.3) is 0 Å². The van der Waals surface area contributed by atoms with Crippen LogP contribution in [0.1, 0.15) is 0 Å². The lowest BCUT2D eigenvalue weighted by molar-refractivity contribution is -0.116. The molecular weight excluding hydrogens is 365 g/mol. The Hall–Kier alpha value is -3.68. The highest BCUT2D eigenvalue weighted by Gasteiger charge is 2.31. The van der Waals surface area contributed by atoms with Crippen LogP contribution in [0.3, 0.4) is 0 Å². The van der Waals surface area contributed by atoms with Gasteiger partial charge in [-0.3, -0.25) is 9.69 Å². The van der Waals surface area contributed by atoms with E-state index in [1.807, 2.05) is 0 Å². The minimum Gasteiger partial charge on any atom is -0.421 e. The fourth-order valence-corrected chi connectivity index (χ4v) is 3.10. The number of carbonyl (C=O) groups is 2. The van der Waals surface area contributed by atoms with Crippen LogP contribution >= 0.6 is 0 Å². The lowest BCUT2D eigenvalue weighted by Gasteiger charge is -2.18. The third kappa shape index (κ3) is 3.44. The van der Waals surface area contributed by atoms with Gasteiger partial charge in [-0.1, -0.05) is 18.2 Å². The molecule has 0 unspecified atom stereocenters. The number of benzene rings is 2. The standard InChI is InChI=1S/C20H16FN3O4/c21-14-5-7-15(8-6-14)24-10-9-23(20(24)27)12-18(25)22-16-11-13-3-1-2-4-17(13)28-19(16)26/h1-8,11H,9-10,12H2,(H,22,25). The molecule has 28 heavy (non-hydrogen) atoms. The summed E-state index contributed by atoms with van der Waals surface area (Å²) in [6.45, 7) is 0.522. The van der Waals surface area contributed by atoms with E-state index >= 15 is 0 Å². The number of hydrogen-bond donors (Lipinski definition) is 1. The highest BCUT2D eigenvalue weighted by molar-refractivity contribution is 5.99. The average Bonchev–Trinajstić information content (AvgIpc) is 3.03. The predicted octanol–water partition coefficient (Wildman–Crippen LogP) is 2.81. The molecule has 2 heterocycles. The molecule has 7 nitrogen and oxygen atoms in total. The van der Waals surface area contributed by atoms with Crippen LogP contribution in [-0.2, 0) is 4.79 Å². The van der Waals surface area contributed by atoms with Crippen LogP contribution in [0, 0.1) is 5.82 Å². The summed E-state index contributed by atoms with van der Waals surface area (Å²) in [5.74, 6) is -0.891. The monoisotopic (exact) mass is 381 g/mol. The number of fused-ring (bicyclic) bond motifs is 1. The number of nitrogens with zero attached hydrogens (tertiary/aromatic N) is 2. The molecule has 1 aliphatic heterocycles. The maximum atomic E-state index is 13.1. The van der Waals surface area contributed by atoms with E-state index in [2.05, 4.69) is 5.32 Å². The van der Waals surface area contributed by atoms with Crippen molar-refractivity contribution in [2.24, 2.45) is 0 Å². The van der Waals surface area contributed by atoms with Crippen LogP contribution in [0.4, 0.5) is 20.6 Å². The van der Waals surface area contributed by atoms with Gasteiger partial charge in [0, 0.05) is 24.2 Å². The first-order valence-corrected chi connectivity index (χ1v) is 8.66. The van der Waals surface area contributed by atoms with Crippen LogP contribution in [0.5, 0.6) is 0 Å². The highest BCUT2D eigenvalue weighted by Crippen LogP contribution is 2.21. The topological polar surface area (TPSA) is 82.9 Å². The molecular formula is C20H16FN3O4. The Morgan fingerprint density at radius 2 is 1.82 bits per heavy atom. The number of rotatable bonds is 4. The van der Waals surface area contributed by atoms with Crippen LogP contribution in [0.2, 0.25) is 0 Å². The summed E-state index contributed by atoms with van der Waals surface area (Å²) in [5, 5.41) is 3.18. The zero-order valence-corrected chi connectivity index (χ0v) is 14.7. The molecule has 8 heteroatoms. The third-order valence-corrected chi connectivity index (χ3v) is 4.48. The Morgan fingerprint density at radius 1 is 1.07 bits per heavy atom. The molecule has 1 aliphatic rings. The number of anilines is 2. The largest absolute Gasteiger partial charge is 0.421 e. The summed E-state index contributed by atoms with van der Waals surface area (Å²) in [7, 11) is 0. The maximum Gasteiger partial charge on any atom is 0.360 e. The Kier molecular flexibility index (Phi) is 4.52. The zero-order chi connectivity index (χ0) is 19.7. The normalized spacial score (nSPS) is 14.0. The van der Waals surface area contributed by atoms with Crippen LogP contribution < -0.4 is 15.8 Å². The minimum absolute atomic E-state index is 0.0192. The van der Waals surface area contributed by atoms with Gasteiger partial charge in [0.1, 0.15) is 23.6 Å². The maximum absolute atomic E-state index is 13.1. The minimum atomic E-state index is -0.660. The summed E-state index contributed by atoms with van der Waals surface area (Å²) in [5.41, 5.74) is 0.345. The van der Waals surface area contributed by atoms with E-state index in [4.69, 9.17) is 4.42 Å². The SMILES string of the molecule is O=C(CN1CCN(c2ccc(F)cc2)C1=O)Nc1cc2ccccc2oc1=O. The summed E-state index contributed by atoms with van der Waals surface area (Å²) in [4.78, 5) is 39.7. The van der Waals surface area contributed by atoms with Crippen molar-refractivity contribution < 1.29 is 18.4 Å². The second kappa shape index (κ2) is 7.15. The molecule has 0 aliphatic carbocycles. The molecule has 4 rings (SSSR count). The summed E-state index contributed by atoms with van der Waals surface area (Å²) in [6.07, 6.45) is 0. The van der Waals surface area contributed by atoms with E-state index in [1.54, 1.807) is 24.3 Å². The molecule has 1 N–H and O–H groups in total. The van der Waals surface area contributed by atoms with Gasteiger partial charge in [-0.2, -0.15) is 0 Å². The molecule has 142 valence electrons. The predicted molar refractivity (Wildman–Crippen MR) is 102 cm³/mol. The summed E-state index contributed by atoms with van der Waals surface area (Å²) < 4.78 is 18.2. The Balaban J connectivity index is 1.44. The van der Waals surface area contributed by atoms with Crippen LogP contribution in [0.15, 0.2) is 63.8 Å². The molecule has 1 aromatic heterocycles. The van der Waals surface area contributed by atoms with Crippen molar-refractivity contribution in [3.05, 3.63) is 70.8 Å². The molecule has 0 bridgehead atoms. The van der Waals surface area contributed by atoms with Gasteiger partial charge in [-0.05, 0) is 36.4 Å². The third-order valence-electron chi connectivity index (χ3n) is 4.48. The van der Waals surface area contributed by atoms with Crippen molar-refractivity contribution >= 4 is 34.3 Å². The Labute approximate surface area is 159 Å². The Bertz CT molecular complexity index is 1110. The lowest BCUT2D eigenvalue weighted by atomic mass is 10.2. The van der Waals surface area contributed by atoms with Crippen molar-refractivity contribution in [1.29, 1.82) is 0 Å². The van der Waals surface area contributed by atoms with E-state index in [0.717, 1.165) is 0 Å². The van der Waals surface area contributed by atoms with Gasteiger partial charge in [0.2, 0.25) is 5.91 Å². The first-order valence-electron chi connectivity index (χ1n) is 8.66. The molecule has 0 atom stereocenters. The van der Waals surface area contributed by atoms with E-state index in [-0.39, 0.29) is 24.1 Å². The Morgan fingerprint density at radius 3 is 2.61 bits per heavy atom. The van der Waals surface area contributed by atoms with Gasteiger partial charge in [-0.25, -0.2) is 14.0 Å². The highest BCUT2D eigenvalue weighted by atomic mass is 19.1. The van der Waals surface area contributed by atoms with Gasteiger partial charge in [0.15, 0.2) is 0 Å². The van der Waals surface area contributed by atoms with Gasteiger partial charge in [-0.15, -0.1) is 0 Å². The second-order valence-electron chi connectivity index (χ2n) is 6.37. The number of para-hydroxylation sites is 1. The first kappa shape index (κ1) is 17.7. The van der Waals surface area contributed by atoms with Crippen molar-refractivity contribution in [3.8, 4) is 0 Å². The molecule has 1 saturated heterocycles.